The van der Waals surface area contributed by atoms with Gasteiger partial charge in [0.25, 0.3) is 0 Å². The second-order valence-corrected chi connectivity index (χ2v) is 8.31. The Hall–Kier alpha value is -3.89. The number of halogens is 3. The number of alkyl halides is 3. The Kier molecular flexibility index (Phi) is 6.77. The molecule has 0 aliphatic carbocycles. The van der Waals surface area contributed by atoms with Crippen molar-refractivity contribution in [2.24, 2.45) is 0 Å². The molecule has 0 heterocycles. The van der Waals surface area contributed by atoms with Crippen LogP contribution in [0.1, 0.15) is 11.1 Å². The fourth-order valence-electron chi connectivity index (χ4n) is 3.59. The molecule has 0 aromatic heterocycles. The van der Waals surface area contributed by atoms with Crippen LogP contribution in [0.4, 0.5) is 24.5 Å². The second kappa shape index (κ2) is 9.77. The smallest absolute Gasteiger partial charge is 0.416 e. The molecular formula is C25H17F3NO5S-. The molecule has 10 heteroatoms. The Bertz CT molecular complexity index is 1400. The molecule has 1 N–H and O–H groups in total. The predicted octanol–water partition coefficient (Wildman–Crippen LogP) is 6.21. The summed E-state index contributed by atoms with van der Waals surface area (Å²) in [5.41, 5.74) is -0.737. The van der Waals surface area contributed by atoms with Gasteiger partial charge in [0.1, 0.15) is 5.75 Å². The van der Waals surface area contributed by atoms with Gasteiger partial charge in [0.2, 0.25) is 0 Å². The molecule has 0 saturated heterocycles. The standard InChI is InChI=1S/C25H18F3NO5S/c26-25(27,28)18-10-13-23(34-19-11-8-16(9-12-19)14-24(30)31)22(15-18)29(35(32)33)21-7-3-5-17-4-1-2-6-20(17)21/h1-13,15H,14H2,(H,30,31)(H,32,33)/p-1. The van der Waals surface area contributed by atoms with Crippen molar-refractivity contribution in [1.82, 2.24) is 0 Å². The third-order valence-electron chi connectivity index (χ3n) is 5.15. The van der Waals surface area contributed by atoms with Gasteiger partial charge in [0, 0.05) is 5.39 Å². The van der Waals surface area contributed by atoms with Gasteiger partial charge in [-0.2, -0.15) is 13.2 Å². The monoisotopic (exact) mass is 500 g/mol. The maximum atomic E-state index is 13.5. The molecule has 6 nitrogen and oxygen atoms in total. The summed E-state index contributed by atoms with van der Waals surface area (Å²) >= 11 is -3.00. The van der Waals surface area contributed by atoms with Gasteiger partial charge >= 0.3 is 12.1 Å². The maximum absolute atomic E-state index is 13.5. The summed E-state index contributed by atoms with van der Waals surface area (Å²) in [6, 6.07) is 20.2. The number of rotatable bonds is 7. The summed E-state index contributed by atoms with van der Waals surface area (Å²) in [4.78, 5) is 10.9. The van der Waals surface area contributed by atoms with E-state index in [1.807, 2.05) is 0 Å². The molecule has 180 valence electrons. The molecule has 1 unspecified atom stereocenters. The number of carboxylic acid groups (broad SMARTS) is 1. The summed E-state index contributed by atoms with van der Waals surface area (Å²) in [6.07, 6.45) is -4.93. The number of ether oxygens (including phenoxy) is 1. The Morgan fingerprint density at radius 1 is 0.943 bits per heavy atom. The Morgan fingerprint density at radius 2 is 1.63 bits per heavy atom. The molecule has 4 aromatic carbocycles. The van der Waals surface area contributed by atoms with E-state index in [0.717, 1.165) is 16.4 Å². The minimum absolute atomic E-state index is 0.138. The number of carboxylic acids is 1. The lowest BCUT2D eigenvalue weighted by atomic mass is 10.1. The summed E-state index contributed by atoms with van der Waals surface area (Å²) in [6.45, 7) is 0. The zero-order valence-electron chi connectivity index (χ0n) is 17.9. The van der Waals surface area contributed by atoms with Gasteiger partial charge in [-0.15, -0.1) is 0 Å². The van der Waals surface area contributed by atoms with Crippen LogP contribution in [-0.4, -0.2) is 19.8 Å². The van der Waals surface area contributed by atoms with Crippen LogP contribution in [-0.2, 0) is 28.7 Å². The minimum atomic E-state index is -4.72. The van der Waals surface area contributed by atoms with Crippen LogP contribution in [0.25, 0.3) is 10.8 Å². The van der Waals surface area contributed by atoms with Crippen LogP contribution < -0.4 is 9.04 Å². The van der Waals surface area contributed by atoms with Crippen LogP contribution in [0.15, 0.2) is 84.9 Å². The highest BCUT2D eigenvalue weighted by molar-refractivity contribution is 7.81. The van der Waals surface area contributed by atoms with Crippen LogP contribution in [0.2, 0.25) is 0 Å². The molecule has 0 spiro atoms. The number of nitrogens with zero attached hydrogens (tertiary/aromatic N) is 1. The number of aliphatic carboxylic acids is 1. The highest BCUT2D eigenvalue weighted by atomic mass is 32.2. The van der Waals surface area contributed by atoms with Gasteiger partial charge in [-0.3, -0.25) is 13.3 Å². The Balaban J connectivity index is 1.84. The third kappa shape index (κ3) is 5.44. The van der Waals surface area contributed by atoms with Crippen LogP contribution in [0, 0.1) is 0 Å². The third-order valence-corrected chi connectivity index (χ3v) is 5.84. The van der Waals surface area contributed by atoms with Crippen molar-refractivity contribution in [1.29, 1.82) is 0 Å². The molecule has 0 aliphatic rings. The molecule has 4 rings (SSSR count). The van der Waals surface area contributed by atoms with E-state index in [-0.39, 0.29) is 29.3 Å². The van der Waals surface area contributed by atoms with Crippen molar-refractivity contribution >= 4 is 39.4 Å². The summed E-state index contributed by atoms with van der Waals surface area (Å²) in [7, 11) is 0. The number of benzene rings is 4. The normalized spacial score (nSPS) is 12.3. The first kappa shape index (κ1) is 24.2. The minimum Gasteiger partial charge on any atom is -0.755 e. The first-order valence-corrected chi connectivity index (χ1v) is 11.2. The lowest BCUT2D eigenvalue weighted by molar-refractivity contribution is -0.138. The average molecular weight is 500 g/mol. The van der Waals surface area contributed by atoms with Crippen molar-refractivity contribution in [3.63, 3.8) is 0 Å². The maximum Gasteiger partial charge on any atom is 0.416 e. The van der Waals surface area contributed by atoms with Gasteiger partial charge in [0.15, 0.2) is 5.75 Å². The Morgan fingerprint density at radius 3 is 2.29 bits per heavy atom. The van der Waals surface area contributed by atoms with Gasteiger partial charge in [0.05, 0.1) is 34.6 Å². The van der Waals surface area contributed by atoms with Crippen LogP contribution in [0.5, 0.6) is 11.5 Å². The van der Waals surface area contributed by atoms with Crippen molar-refractivity contribution in [2.45, 2.75) is 12.6 Å². The number of hydrogen-bond acceptors (Lipinski definition) is 4. The average Bonchev–Trinajstić information content (AvgIpc) is 2.80. The van der Waals surface area contributed by atoms with Crippen molar-refractivity contribution in [2.75, 3.05) is 4.31 Å². The number of hydrogen-bond donors (Lipinski definition) is 1. The number of fused-ring (bicyclic) bond motifs is 1. The molecule has 35 heavy (non-hydrogen) atoms. The SMILES string of the molecule is O=C(O)Cc1ccc(Oc2ccc(C(F)(F)F)cc2N(c2cccc3ccccc23)S(=O)[O-])cc1. The molecular weight excluding hydrogens is 483 g/mol. The predicted molar refractivity (Wildman–Crippen MR) is 124 cm³/mol. The van der Waals surface area contributed by atoms with Crippen molar-refractivity contribution in [3.8, 4) is 11.5 Å². The number of anilines is 2. The zero-order valence-corrected chi connectivity index (χ0v) is 18.7. The summed E-state index contributed by atoms with van der Waals surface area (Å²) in [5.74, 6) is -0.969. The van der Waals surface area contributed by atoms with E-state index in [0.29, 0.717) is 22.4 Å². The molecule has 0 amide bonds. The molecule has 0 aliphatic heterocycles. The molecule has 0 fully saturated rings. The second-order valence-electron chi connectivity index (χ2n) is 7.51. The number of carbonyl (C=O) groups is 1. The summed E-state index contributed by atoms with van der Waals surface area (Å²) in [5, 5.41) is 10.1. The van der Waals surface area contributed by atoms with E-state index < -0.39 is 29.0 Å². The van der Waals surface area contributed by atoms with E-state index in [1.54, 1.807) is 36.4 Å². The highest BCUT2D eigenvalue weighted by Crippen LogP contribution is 2.43. The van der Waals surface area contributed by atoms with E-state index in [1.165, 1.54) is 30.3 Å². The van der Waals surface area contributed by atoms with Crippen LogP contribution >= 0.6 is 0 Å². The lowest BCUT2D eigenvalue weighted by Gasteiger charge is -2.29. The molecule has 0 bridgehead atoms. The lowest BCUT2D eigenvalue weighted by Crippen LogP contribution is -2.21. The quantitative estimate of drug-likeness (QED) is 0.305. The van der Waals surface area contributed by atoms with Gasteiger partial charge < -0.3 is 14.4 Å². The molecule has 4 aromatic rings. The van der Waals surface area contributed by atoms with Gasteiger partial charge in [-0.1, -0.05) is 48.5 Å². The fraction of sp³-hybridized carbons (Fsp3) is 0.0800. The fourth-order valence-corrected chi connectivity index (χ4v) is 4.21. The topological polar surface area (TPSA) is 89.9 Å². The zero-order chi connectivity index (χ0) is 25.2. The van der Waals surface area contributed by atoms with Crippen molar-refractivity contribution < 1.29 is 36.6 Å². The van der Waals surface area contributed by atoms with Crippen LogP contribution in [0.3, 0.4) is 0 Å². The van der Waals surface area contributed by atoms with Gasteiger partial charge in [-0.25, -0.2) is 0 Å². The largest absolute Gasteiger partial charge is 0.755 e. The van der Waals surface area contributed by atoms with E-state index in [2.05, 4.69) is 0 Å². The molecule has 0 radical (unpaired) electrons. The molecule has 1 atom stereocenters. The van der Waals surface area contributed by atoms with E-state index in [9.17, 15) is 26.7 Å². The van der Waals surface area contributed by atoms with E-state index >= 15 is 0 Å². The highest BCUT2D eigenvalue weighted by Gasteiger charge is 2.32. The first-order valence-electron chi connectivity index (χ1n) is 10.2. The first-order chi connectivity index (χ1) is 16.6. The summed E-state index contributed by atoms with van der Waals surface area (Å²) < 4.78 is 71.9. The molecule has 0 saturated carbocycles. The Labute approximate surface area is 200 Å². The van der Waals surface area contributed by atoms with E-state index in [4.69, 9.17) is 9.84 Å². The van der Waals surface area contributed by atoms with Gasteiger partial charge in [-0.05, 0) is 47.3 Å². The van der Waals surface area contributed by atoms with Crippen molar-refractivity contribution in [3.05, 3.63) is 96.1 Å².